The number of halogens is 1. The van der Waals surface area contributed by atoms with Crippen LogP contribution < -0.4 is 4.74 Å². The maximum absolute atomic E-state index is 5.73. The molecule has 0 saturated carbocycles. The summed E-state index contributed by atoms with van der Waals surface area (Å²) < 4.78 is 6.48. The van der Waals surface area contributed by atoms with Crippen LogP contribution in [0.4, 0.5) is 0 Å². The predicted octanol–water partition coefficient (Wildman–Crippen LogP) is 3.59. The highest BCUT2D eigenvalue weighted by molar-refractivity contribution is 9.10. The van der Waals surface area contributed by atoms with Crippen molar-refractivity contribution in [1.82, 2.24) is 9.97 Å². The van der Waals surface area contributed by atoms with Crippen molar-refractivity contribution >= 4 is 15.9 Å². The van der Waals surface area contributed by atoms with E-state index in [1.165, 1.54) is 6.33 Å². The van der Waals surface area contributed by atoms with Gasteiger partial charge in [-0.3, -0.25) is 0 Å². The Morgan fingerprint density at radius 1 is 1.31 bits per heavy atom. The maximum Gasteiger partial charge on any atom is 0.236 e. The second-order valence-electron chi connectivity index (χ2n) is 3.24. The monoisotopic (exact) mass is 278 g/mol. The van der Waals surface area contributed by atoms with E-state index >= 15 is 0 Å². The Labute approximate surface area is 103 Å². The Morgan fingerprint density at radius 3 is 2.88 bits per heavy atom. The molecule has 0 fully saturated rings. The molecule has 2 aromatic rings. The first-order valence-corrected chi connectivity index (χ1v) is 5.82. The molecule has 0 spiro atoms. The van der Waals surface area contributed by atoms with E-state index in [-0.39, 0.29) is 0 Å². The van der Waals surface area contributed by atoms with Gasteiger partial charge in [-0.15, -0.1) is 0 Å². The van der Waals surface area contributed by atoms with E-state index in [4.69, 9.17) is 4.74 Å². The molecule has 0 atom stereocenters. The molecule has 82 valence electrons. The number of aromatic nitrogens is 2. The van der Waals surface area contributed by atoms with E-state index in [2.05, 4.69) is 32.8 Å². The van der Waals surface area contributed by atoms with Crippen molar-refractivity contribution in [3.8, 4) is 11.6 Å². The largest absolute Gasteiger partial charge is 0.437 e. The van der Waals surface area contributed by atoms with Crippen LogP contribution in [-0.4, -0.2) is 9.97 Å². The number of ether oxygens (including phenoxy) is 1. The zero-order chi connectivity index (χ0) is 11.4. The van der Waals surface area contributed by atoms with Gasteiger partial charge in [0.25, 0.3) is 0 Å². The molecule has 1 aromatic heterocycles. The lowest BCUT2D eigenvalue weighted by atomic mass is 10.1. The molecule has 1 heterocycles. The molecule has 0 aliphatic carbocycles. The summed E-state index contributed by atoms with van der Waals surface area (Å²) >= 11 is 3.35. The quantitative estimate of drug-likeness (QED) is 0.861. The van der Waals surface area contributed by atoms with Gasteiger partial charge in [-0.1, -0.05) is 25.1 Å². The molecule has 0 N–H and O–H groups in total. The summed E-state index contributed by atoms with van der Waals surface area (Å²) in [6.45, 7) is 2.09. The summed E-state index contributed by atoms with van der Waals surface area (Å²) in [5.41, 5.74) is 1.16. The summed E-state index contributed by atoms with van der Waals surface area (Å²) in [5.74, 6) is 1.38. The van der Waals surface area contributed by atoms with E-state index in [0.29, 0.717) is 5.88 Å². The molecule has 0 aliphatic rings. The van der Waals surface area contributed by atoms with Crippen molar-refractivity contribution in [3.63, 3.8) is 0 Å². The molecule has 3 nitrogen and oxygen atoms in total. The third-order valence-electron chi connectivity index (χ3n) is 2.19. The van der Waals surface area contributed by atoms with Gasteiger partial charge in [0.1, 0.15) is 12.1 Å². The van der Waals surface area contributed by atoms with Crippen LogP contribution >= 0.6 is 15.9 Å². The van der Waals surface area contributed by atoms with Gasteiger partial charge in [0, 0.05) is 6.20 Å². The topological polar surface area (TPSA) is 35.0 Å². The number of para-hydroxylation sites is 1. The Bertz CT molecular complexity index is 488. The van der Waals surface area contributed by atoms with E-state index < -0.39 is 0 Å². The molecule has 2 rings (SSSR count). The molecule has 4 heteroatoms. The van der Waals surface area contributed by atoms with Crippen LogP contribution in [0.1, 0.15) is 12.5 Å². The molecule has 16 heavy (non-hydrogen) atoms. The molecule has 0 amide bonds. The van der Waals surface area contributed by atoms with Crippen LogP contribution in [-0.2, 0) is 6.42 Å². The van der Waals surface area contributed by atoms with Crippen LogP contribution in [0.2, 0.25) is 0 Å². The van der Waals surface area contributed by atoms with Gasteiger partial charge in [0.2, 0.25) is 5.88 Å². The molecule has 0 radical (unpaired) electrons. The average molecular weight is 279 g/mol. The second kappa shape index (κ2) is 5.07. The summed E-state index contributed by atoms with van der Waals surface area (Å²) in [7, 11) is 0. The van der Waals surface area contributed by atoms with Crippen molar-refractivity contribution < 1.29 is 4.74 Å². The zero-order valence-corrected chi connectivity index (χ0v) is 10.4. The Kier molecular flexibility index (Phi) is 3.51. The standard InChI is InChI=1S/C12H11BrN2O/c1-2-9-5-3-4-6-11(9)16-12-10(13)7-14-8-15-12/h3-8H,2H2,1H3. The fourth-order valence-corrected chi connectivity index (χ4v) is 1.68. The first-order chi connectivity index (χ1) is 7.81. The van der Waals surface area contributed by atoms with Crippen LogP contribution in [0, 0.1) is 0 Å². The number of benzene rings is 1. The lowest BCUT2D eigenvalue weighted by molar-refractivity contribution is 0.453. The zero-order valence-electron chi connectivity index (χ0n) is 8.85. The molecular formula is C12H11BrN2O. The normalized spacial score (nSPS) is 10.1. The van der Waals surface area contributed by atoms with Crippen LogP contribution in [0.15, 0.2) is 41.3 Å². The highest BCUT2D eigenvalue weighted by Gasteiger charge is 2.06. The third kappa shape index (κ3) is 2.39. The number of nitrogens with zero attached hydrogens (tertiary/aromatic N) is 2. The van der Waals surface area contributed by atoms with Crippen molar-refractivity contribution in [3.05, 3.63) is 46.8 Å². The second-order valence-corrected chi connectivity index (χ2v) is 4.09. The summed E-state index contributed by atoms with van der Waals surface area (Å²) in [5, 5.41) is 0. The van der Waals surface area contributed by atoms with Gasteiger partial charge < -0.3 is 4.74 Å². The number of hydrogen-bond acceptors (Lipinski definition) is 3. The van der Waals surface area contributed by atoms with Crippen molar-refractivity contribution in [1.29, 1.82) is 0 Å². The minimum atomic E-state index is 0.538. The Morgan fingerprint density at radius 2 is 2.12 bits per heavy atom. The van der Waals surface area contributed by atoms with Gasteiger partial charge in [0.15, 0.2) is 0 Å². The van der Waals surface area contributed by atoms with Gasteiger partial charge in [-0.25, -0.2) is 9.97 Å². The van der Waals surface area contributed by atoms with E-state index in [1.807, 2.05) is 24.3 Å². The molecule has 0 aliphatic heterocycles. The third-order valence-corrected chi connectivity index (χ3v) is 2.74. The van der Waals surface area contributed by atoms with Crippen LogP contribution in [0.3, 0.4) is 0 Å². The van der Waals surface area contributed by atoms with Crippen LogP contribution in [0.5, 0.6) is 11.6 Å². The van der Waals surface area contributed by atoms with Crippen molar-refractivity contribution in [2.75, 3.05) is 0 Å². The van der Waals surface area contributed by atoms with Crippen LogP contribution in [0.25, 0.3) is 0 Å². The number of hydrogen-bond donors (Lipinski definition) is 0. The molecular weight excluding hydrogens is 268 g/mol. The minimum Gasteiger partial charge on any atom is -0.437 e. The average Bonchev–Trinajstić information content (AvgIpc) is 2.33. The lowest BCUT2D eigenvalue weighted by Gasteiger charge is -2.09. The van der Waals surface area contributed by atoms with Gasteiger partial charge in [-0.05, 0) is 34.0 Å². The predicted molar refractivity (Wildman–Crippen MR) is 65.6 cm³/mol. The minimum absolute atomic E-state index is 0.538. The first kappa shape index (κ1) is 11.1. The fourth-order valence-electron chi connectivity index (χ4n) is 1.38. The molecule has 0 unspecified atom stereocenters. The summed E-state index contributed by atoms with van der Waals surface area (Å²) in [4.78, 5) is 7.96. The van der Waals surface area contributed by atoms with Gasteiger partial charge in [0.05, 0.1) is 4.47 Å². The van der Waals surface area contributed by atoms with Gasteiger partial charge >= 0.3 is 0 Å². The van der Waals surface area contributed by atoms with E-state index in [0.717, 1.165) is 22.2 Å². The van der Waals surface area contributed by atoms with Crippen molar-refractivity contribution in [2.24, 2.45) is 0 Å². The molecule has 1 aromatic carbocycles. The summed E-state index contributed by atoms with van der Waals surface area (Å²) in [6.07, 6.45) is 4.06. The molecule has 0 bridgehead atoms. The lowest BCUT2D eigenvalue weighted by Crippen LogP contribution is -1.93. The van der Waals surface area contributed by atoms with E-state index in [1.54, 1.807) is 6.20 Å². The summed E-state index contributed by atoms with van der Waals surface area (Å²) in [6, 6.07) is 7.93. The fraction of sp³-hybridized carbons (Fsp3) is 0.167. The SMILES string of the molecule is CCc1ccccc1Oc1ncncc1Br. The number of aryl methyl sites for hydroxylation is 1. The molecule has 0 saturated heterocycles. The highest BCUT2D eigenvalue weighted by atomic mass is 79.9. The Hall–Kier alpha value is -1.42. The Balaban J connectivity index is 2.30. The van der Waals surface area contributed by atoms with Crippen molar-refractivity contribution in [2.45, 2.75) is 13.3 Å². The smallest absolute Gasteiger partial charge is 0.236 e. The number of rotatable bonds is 3. The first-order valence-electron chi connectivity index (χ1n) is 5.02. The van der Waals surface area contributed by atoms with Gasteiger partial charge in [-0.2, -0.15) is 0 Å². The highest BCUT2D eigenvalue weighted by Crippen LogP contribution is 2.28. The van der Waals surface area contributed by atoms with E-state index in [9.17, 15) is 0 Å². The maximum atomic E-state index is 5.73.